The number of anilines is 1. The van der Waals surface area contributed by atoms with E-state index in [-0.39, 0.29) is 12.5 Å². The maximum Gasteiger partial charge on any atom is 0.251 e. The first-order valence-electron chi connectivity index (χ1n) is 9.39. The minimum absolute atomic E-state index is 0.0432. The highest BCUT2D eigenvalue weighted by atomic mass is 16.5. The summed E-state index contributed by atoms with van der Waals surface area (Å²) in [6.45, 7) is 0.565. The second-order valence-corrected chi connectivity index (χ2v) is 6.71. The van der Waals surface area contributed by atoms with Gasteiger partial charge in [0.2, 0.25) is 0 Å². The molecule has 1 N–H and O–H groups in total. The first kappa shape index (κ1) is 17.5. The number of rotatable bonds is 7. The van der Waals surface area contributed by atoms with Crippen molar-refractivity contribution in [2.24, 2.45) is 0 Å². The average molecular weight is 361 g/mol. The number of amides is 1. The number of carbonyl (C=O) groups is 1. The molecule has 0 atom stereocenters. The lowest BCUT2D eigenvalue weighted by Gasteiger charge is -2.11. The second kappa shape index (κ2) is 8.18. The molecule has 0 radical (unpaired) electrons. The summed E-state index contributed by atoms with van der Waals surface area (Å²) in [5.41, 5.74) is 4.39. The van der Waals surface area contributed by atoms with Crippen LogP contribution in [0.4, 0.5) is 5.82 Å². The van der Waals surface area contributed by atoms with E-state index in [0.717, 1.165) is 48.4 Å². The molecule has 1 aromatic heterocycles. The maximum atomic E-state index is 12.4. The van der Waals surface area contributed by atoms with Crippen LogP contribution in [-0.2, 0) is 28.8 Å². The number of carbonyl (C=O) groups excluding carboxylic acids is 1. The van der Waals surface area contributed by atoms with Crippen LogP contribution in [0.2, 0.25) is 0 Å². The molecule has 0 bridgehead atoms. The fourth-order valence-electron chi connectivity index (χ4n) is 3.44. The van der Waals surface area contributed by atoms with Crippen LogP contribution in [0.15, 0.2) is 60.7 Å². The molecule has 0 spiro atoms. The second-order valence-electron chi connectivity index (χ2n) is 6.71. The number of nitrogens with zero attached hydrogens (tertiary/aromatic N) is 2. The van der Waals surface area contributed by atoms with Crippen molar-refractivity contribution in [2.75, 3.05) is 18.5 Å². The Bertz CT molecular complexity index is 904. The molecule has 0 saturated heterocycles. The quantitative estimate of drug-likeness (QED) is 0.655. The monoisotopic (exact) mass is 361 g/mol. The van der Waals surface area contributed by atoms with Crippen LogP contribution in [0.1, 0.15) is 23.2 Å². The molecule has 0 unspecified atom stereocenters. The molecule has 0 saturated carbocycles. The molecule has 0 aliphatic heterocycles. The number of benzene rings is 2. The molecule has 1 aliphatic carbocycles. The molecule has 5 heteroatoms. The number of aryl methyl sites for hydroxylation is 1. The summed E-state index contributed by atoms with van der Waals surface area (Å²) in [6, 6.07) is 20.0. The molecule has 5 nitrogen and oxygen atoms in total. The molecule has 1 aliphatic rings. The van der Waals surface area contributed by atoms with Crippen molar-refractivity contribution < 1.29 is 9.53 Å². The average Bonchev–Trinajstić information content (AvgIpc) is 3.29. The summed E-state index contributed by atoms with van der Waals surface area (Å²) in [5, 5.41) is 7.74. The van der Waals surface area contributed by atoms with Crippen LogP contribution in [0.5, 0.6) is 0 Å². The van der Waals surface area contributed by atoms with Crippen molar-refractivity contribution in [3.05, 3.63) is 77.5 Å². The summed E-state index contributed by atoms with van der Waals surface area (Å²) < 4.78 is 7.41. The van der Waals surface area contributed by atoms with Crippen LogP contribution in [-0.4, -0.2) is 28.9 Å². The highest BCUT2D eigenvalue weighted by molar-refractivity contribution is 5.92. The lowest BCUT2D eigenvalue weighted by atomic mass is 10.2. The zero-order chi connectivity index (χ0) is 18.5. The van der Waals surface area contributed by atoms with Gasteiger partial charge in [-0.3, -0.25) is 4.79 Å². The van der Waals surface area contributed by atoms with E-state index in [4.69, 9.17) is 9.84 Å². The first-order chi connectivity index (χ1) is 13.3. The van der Waals surface area contributed by atoms with Gasteiger partial charge in [0.15, 0.2) is 0 Å². The van der Waals surface area contributed by atoms with Gasteiger partial charge in [0, 0.05) is 5.56 Å². The number of fused-ring (bicyclic) bond motifs is 1. The van der Waals surface area contributed by atoms with E-state index in [1.807, 2.05) is 53.2 Å². The summed E-state index contributed by atoms with van der Waals surface area (Å²) >= 11 is 0. The third-order valence-electron chi connectivity index (χ3n) is 4.78. The maximum absolute atomic E-state index is 12.4. The smallest absolute Gasteiger partial charge is 0.251 e. The molecule has 138 valence electrons. The van der Waals surface area contributed by atoms with E-state index in [2.05, 4.69) is 17.4 Å². The Hall–Kier alpha value is -2.92. The van der Waals surface area contributed by atoms with Gasteiger partial charge in [-0.1, -0.05) is 48.5 Å². The third-order valence-corrected chi connectivity index (χ3v) is 4.78. The van der Waals surface area contributed by atoms with E-state index < -0.39 is 0 Å². The molecule has 0 fully saturated rings. The van der Waals surface area contributed by atoms with E-state index in [1.54, 1.807) is 0 Å². The van der Waals surface area contributed by atoms with E-state index >= 15 is 0 Å². The Morgan fingerprint density at radius 2 is 1.78 bits per heavy atom. The molecule has 4 rings (SSSR count). The predicted molar refractivity (Wildman–Crippen MR) is 105 cm³/mol. The van der Waals surface area contributed by atoms with Gasteiger partial charge in [-0.25, -0.2) is 4.68 Å². The number of hydrogen-bond acceptors (Lipinski definition) is 3. The minimum atomic E-state index is -0.144. The number of aromatic nitrogens is 2. The molecular formula is C22H23N3O2. The summed E-state index contributed by atoms with van der Waals surface area (Å²) in [7, 11) is 0. The Kier molecular flexibility index (Phi) is 5.30. The molecule has 1 amide bonds. The molecule has 2 aromatic carbocycles. The number of para-hydroxylation sites is 1. The van der Waals surface area contributed by atoms with Gasteiger partial charge in [0.05, 0.1) is 18.0 Å². The van der Waals surface area contributed by atoms with Crippen molar-refractivity contribution in [2.45, 2.75) is 25.7 Å². The van der Waals surface area contributed by atoms with Gasteiger partial charge < -0.3 is 10.1 Å². The summed E-state index contributed by atoms with van der Waals surface area (Å²) in [4.78, 5) is 12.4. The van der Waals surface area contributed by atoms with Gasteiger partial charge >= 0.3 is 0 Å². The van der Waals surface area contributed by atoms with Crippen LogP contribution < -0.4 is 5.32 Å². The van der Waals surface area contributed by atoms with E-state index in [0.29, 0.717) is 6.61 Å². The topological polar surface area (TPSA) is 56.1 Å². The Morgan fingerprint density at radius 1 is 1.04 bits per heavy atom. The van der Waals surface area contributed by atoms with Crippen molar-refractivity contribution >= 4 is 11.7 Å². The lowest BCUT2D eigenvalue weighted by Crippen LogP contribution is -2.21. The van der Waals surface area contributed by atoms with Crippen LogP contribution in [0.3, 0.4) is 0 Å². The predicted octanol–water partition coefficient (Wildman–Crippen LogP) is 3.56. The Morgan fingerprint density at radius 3 is 2.56 bits per heavy atom. The molecular weight excluding hydrogens is 338 g/mol. The van der Waals surface area contributed by atoms with Gasteiger partial charge in [-0.15, -0.1) is 0 Å². The minimum Gasteiger partial charge on any atom is -0.371 e. The molecule has 27 heavy (non-hydrogen) atoms. The van der Waals surface area contributed by atoms with Crippen molar-refractivity contribution in [1.29, 1.82) is 0 Å². The fourth-order valence-corrected chi connectivity index (χ4v) is 3.44. The first-order valence-corrected chi connectivity index (χ1v) is 9.39. The summed E-state index contributed by atoms with van der Waals surface area (Å²) in [6.07, 6.45) is 3.80. The van der Waals surface area contributed by atoms with Gasteiger partial charge in [-0.2, -0.15) is 5.10 Å². The lowest BCUT2D eigenvalue weighted by molar-refractivity contribution is -0.120. The largest absolute Gasteiger partial charge is 0.371 e. The fraction of sp³-hybridized carbons (Fsp3) is 0.273. The summed E-state index contributed by atoms with van der Waals surface area (Å²) in [5.74, 6) is 0.639. The zero-order valence-electron chi connectivity index (χ0n) is 15.2. The number of ether oxygens (including phenoxy) is 1. The van der Waals surface area contributed by atoms with Crippen LogP contribution in [0.25, 0.3) is 5.69 Å². The van der Waals surface area contributed by atoms with Gasteiger partial charge in [-0.05, 0) is 43.4 Å². The SMILES string of the molecule is O=C(COCCc1ccccc1)Nc1c2c(nn1-c1ccccc1)CCC2. The molecule has 1 heterocycles. The zero-order valence-corrected chi connectivity index (χ0v) is 15.2. The van der Waals surface area contributed by atoms with Crippen molar-refractivity contribution in [3.63, 3.8) is 0 Å². The highest BCUT2D eigenvalue weighted by Crippen LogP contribution is 2.30. The van der Waals surface area contributed by atoms with Crippen LogP contribution in [0, 0.1) is 0 Å². The highest BCUT2D eigenvalue weighted by Gasteiger charge is 2.24. The Labute approximate surface area is 159 Å². The standard InChI is InChI=1S/C22H23N3O2/c26-21(16-27-15-14-17-8-3-1-4-9-17)23-22-19-12-7-13-20(19)24-25(22)18-10-5-2-6-11-18/h1-6,8-11H,7,12-16H2,(H,23,26). The number of hydrogen-bond donors (Lipinski definition) is 1. The number of nitrogens with one attached hydrogen (secondary N) is 1. The van der Waals surface area contributed by atoms with Crippen molar-refractivity contribution in [3.8, 4) is 5.69 Å². The van der Waals surface area contributed by atoms with Crippen molar-refractivity contribution in [1.82, 2.24) is 9.78 Å². The van der Waals surface area contributed by atoms with Gasteiger partial charge in [0.25, 0.3) is 5.91 Å². The Balaban J connectivity index is 1.39. The van der Waals surface area contributed by atoms with Gasteiger partial charge in [0.1, 0.15) is 12.4 Å². The third kappa shape index (κ3) is 4.09. The molecule has 3 aromatic rings. The van der Waals surface area contributed by atoms with Crippen LogP contribution >= 0.6 is 0 Å². The normalized spacial score (nSPS) is 12.7. The van der Waals surface area contributed by atoms with E-state index in [9.17, 15) is 4.79 Å². The van der Waals surface area contributed by atoms with E-state index in [1.165, 1.54) is 5.56 Å².